The average Bonchev–Trinajstić information content (AvgIpc) is 3.35. The van der Waals surface area contributed by atoms with Gasteiger partial charge in [0.25, 0.3) is 0 Å². The van der Waals surface area contributed by atoms with Crippen molar-refractivity contribution in [3.8, 4) is 22.3 Å². The number of benzene rings is 5. The molecule has 5 aromatic carbocycles. The fourth-order valence-corrected chi connectivity index (χ4v) is 7.22. The smallest absolute Gasteiger partial charge is 0.104 e. The Morgan fingerprint density at radius 2 is 1.24 bits per heavy atom. The van der Waals surface area contributed by atoms with E-state index in [1.807, 2.05) is 18.0 Å². The Labute approximate surface area is 220 Å². The topological polar surface area (TPSA) is 12.9 Å². The number of aromatic nitrogens is 1. The molecule has 1 aliphatic carbocycles. The van der Waals surface area contributed by atoms with Crippen LogP contribution in [0.2, 0.25) is 0 Å². The lowest BCUT2D eigenvalue weighted by molar-refractivity contribution is 1.09. The molecule has 0 saturated carbocycles. The van der Waals surface area contributed by atoms with Crippen LogP contribution in [0.4, 0.5) is 0 Å². The summed E-state index contributed by atoms with van der Waals surface area (Å²) in [6, 6.07) is 35.7. The van der Waals surface area contributed by atoms with Crippen molar-refractivity contribution in [2.45, 2.75) is 16.7 Å². The van der Waals surface area contributed by atoms with Gasteiger partial charge in [-0.1, -0.05) is 109 Å². The van der Waals surface area contributed by atoms with Gasteiger partial charge in [0.1, 0.15) is 5.03 Å². The molecule has 1 nitrogen and oxygen atoms in total. The average molecular weight is 490 g/mol. The lowest BCUT2D eigenvalue weighted by Gasteiger charge is -2.13. The van der Waals surface area contributed by atoms with E-state index in [1.54, 1.807) is 0 Å². The predicted molar refractivity (Wildman–Crippen MR) is 159 cm³/mol. The van der Waals surface area contributed by atoms with Gasteiger partial charge in [-0.15, -0.1) is 0 Å². The largest absolute Gasteiger partial charge is 0.249 e. The third kappa shape index (κ3) is 3.29. The molecule has 0 spiro atoms. The number of pyridine rings is 1. The first kappa shape index (κ1) is 21.0. The number of hydrogen-bond donors (Lipinski definition) is 0. The summed E-state index contributed by atoms with van der Waals surface area (Å²) in [5.74, 6) is 0. The molecule has 2 aliphatic rings. The van der Waals surface area contributed by atoms with E-state index in [9.17, 15) is 0 Å². The summed E-state index contributed by atoms with van der Waals surface area (Å²) in [5.41, 5.74) is 7.56. The van der Waals surface area contributed by atoms with Gasteiger partial charge < -0.3 is 0 Å². The molecule has 2 heterocycles. The fraction of sp³-hybridized carbons (Fsp3) is 0.0571. The van der Waals surface area contributed by atoms with Gasteiger partial charge >= 0.3 is 0 Å². The summed E-state index contributed by atoms with van der Waals surface area (Å²) in [6.45, 7) is 0. The number of thioether (sulfide) groups is 1. The van der Waals surface area contributed by atoms with E-state index in [-0.39, 0.29) is 0 Å². The fourth-order valence-electron chi connectivity index (χ4n) is 5.99. The van der Waals surface area contributed by atoms with Gasteiger partial charge in [0, 0.05) is 22.6 Å². The van der Waals surface area contributed by atoms with Crippen LogP contribution in [-0.2, 0) is 0 Å². The molecule has 6 aromatic rings. The number of fused-ring (bicyclic) bond motifs is 9. The van der Waals surface area contributed by atoms with Crippen molar-refractivity contribution < 1.29 is 0 Å². The summed E-state index contributed by atoms with van der Waals surface area (Å²) < 4.78 is 0. The van der Waals surface area contributed by atoms with Crippen LogP contribution < -0.4 is 0 Å². The number of allylic oxidation sites excluding steroid dienone is 3. The molecule has 2 heteroatoms. The zero-order chi connectivity index (χ0) is 24.3. The molecule has 1 aromatic heterocycles. The molecule has 0 N–H and O–H groups in total. The van der Waals surface area contributed by atoms with Crippen LogP contribution in [0, 0.1) is 0 Å². The van der Waals surface area contributed by atoms with Gasteiger partial charge in [0.15, 0.2) is 0 Å². The van der Waals surface area contributed by atoms with Crippen LogP contribution in [0.25, 0.3) is 60.1 Å². The lowest BCUT2D eigenvalue weighted by atomic mass is 9.91. The van der Waals surface area contributed by atoms with Crippen LogP contribution in [0.3, 0.4) is 0 Å². The van der Waals surface area contributed by atoms with Gasteiger partial charge in [0.2, 0.25) is 0 Å². The van der Waals surface area contributed by atoms with E-state index < -0.39 is 0 Å². The van der Waals surface area contributed by atoms with Crippen LogP contribution in [0.15, 0.2) is 127 Å². The second kappa shape index (κ2) is 8.19. The molecule has 1 aliphatic heterocycles. The first-order valence-corrected chi connectivity index (χ1v) is 13.7. The Hall–Kier alpha value is -4.14. The monoisotopic (exact) mass is 489 g/mol. The Bertz CT molecular complexity index is 1910. The molecule has 174 valence electrons. The van der Waals surface area contributed by atoms with E-state index in [2.05, 4.69) is 115 Å². The zero-order valence-electron chi connectivity index (χ0n) is 20.2. The first-order valence-electron chi connectivity index (χ1n) is 12.8. The molecule has 0 bridgehead atoms. The SMILES string of the molecule is C1=CCC2Sc3ncc(-c4cccc(-c5ccc6c7ccccc7c7ccccc7c6c5)c4)cc3C2=C1. The molecule has 0 amide bonds. The van der Waals surface area contributed by atoms with Gasteiger partial charge in [-0.25, -0.2) is 4.98 Å². The van der Waals surface area contributed by atoms with E-state index in [4.69, 9.17) is 4.98 Å². The van der Waals surface area contributed by atoms with E-state index in [0.29, 0.717) is 5.25 Å². The molecule has 0 radical (unpaired) electrons. The lowest BCUT2D eigenvalue weighted by Crippen LogP contribution is -2.00. The Morgan fingerprint density at radius 3 is 2.00 bits per heavy atom. The Kier molecular flexibility index (Phi) is 4.65. The third-order valence-electron chi connectivity index (χ3n) is 7.80. The maximum absolute atomic E-state index is 4.86. The van der Waals surface area contributed by atoms with E-state index >= 15 is 0 Å². The molecule has 8 rings (SSSR count). The number of nitrogens with zero attached hydrogens (tertiary/aromatic N) is 1. The van der Waals surface area contributed by atoms with Gasteiger partial charge in [-0.05, 0) is 79.2 Å². The highest BCUT2D eigenvalue weighted by Crippen LogP contribution is 2.47. The van der Waals surface area contributed by atoms with E-state index in [1.165, 1.54) is 65.7 Å². The highest BCUT2D eigenvalue weighted by molar-refractivity contribution is 8.00. The summed E-state index contributed by atoms with van der Waals surface area (Å²) in [5, 5.41) is 9.52. The van der Waals surface area contributed by atoms with Crippen LogP contribution in [0.1, 0.15) is 12.0 Å². The molecule has 37 heavy (non-hydrogen) atoms. The summed E-state index contributed by atoms with van der Waals surface area (Å²) in [6.07, 6.45) is 9.83. The van der Waals surface area contributed by atoms with Crippen molar-refractivity contribution in [1.29, 1.82) is 0 Å². The maximum Gasteiger partial charge on any atom is 0.104 e. The van der Waals surface area contributed by atoms with Crippen molar-refractivity contribution in [3.05, 3.63) is 127 Å². The highest BCUT2D eigenvalue weighted by atomic mass is 32.2. The molecule has 0 saturated heterocycles. The highest BCUT2D eigenvalue weighted by Gasteiger charge is 2.29. The zero-order valence-corrected chi connectivity index (χ0v) is 21.0. The third-order valence-corrected chi connectivity index (χ3v) is 9.08. The number of rotatable bonds is 2. The van der Waals surface area contributed by atoms with Crippen LogP contribution in [0.5, 0.6) is 0 Å². The standard InChI is InChI=1S/C35H23NS/c1-2-12-28-26(10-1)27-11-3-4-13-29(27)32-19-24(16-17-30(28)32)22-8-7-9-23(18-22)25-20-33-31-14-5-6-15-34(31)37-35(33)36-21-25/h1-14,16-21,34H,15H2. The Balaban J connectivity index is 1.27. The van der Waals surface area contributed by atoms with Crippen molar-refractivity contribution in [2.75, 3.05) is 0 Å². The van der Waals surface area contributed by atoms with Gasteiger partial charge in [0.05, 0.1) is 0 Å². The second-order valence-corrected chi connectivity index (χ2v) is 11.1. The predicted octanol–water partition coefficient (Wildman–Crippen LogP) is 9.69. The van der Waals surface area contributed by atoms with Crippen molar-refractivity contribution in [3.63, 3.8) is 0 Å². The van der Waals surface area contributed by atoms with Gasteiger partial charge in [-0.2, -0.15) is 0 Å². The quantitative estimate of drug-likeness (QED) is 0.225. The molecule has 1 unspecified atom stereocenters. The molecular formula is C35H23NS. The normalized spacial score (nSPS) is 16.2. The Morgan fingerprint density at radius 1 is 0.595 bits per heavy atom. The maximum atomic E-state index is 4.86. The molecule has 1 atom stereocenters. The minimum absolute atomic E-state index is 0.512. The first-order chi connectivity index (χ1) is 18.3. The second-order valence-electron chi connectivity index (χ2n) is 9.90. The summed E-state index contributed by atoms with van der Waals surface area (Å²) in [4.78, 5) is 4.86. The summed E-state index contributed by atoms with van der Waals surface area (Å²) >= 11 is 1.90. The van der Waals surface area contributed by atoms with E-state index in [0.717, 1.165) is 11.4 Å². The van der Waals surface area contributed by atoms with Crippen LogP contribution in [-0.4, -0.2) is 10.2 Å². The van der Waals surface area contributed by atoms with Crippen molar-refractivity contribution >= 4 is 49.7 Å². The van der Waals surface area contributed by atoms with Crippen molar-refractivity contribution in [2.24, 2.45) is 0 Å². The molecule has 0 fully saturated rings. The summed E-state index contributed by atoms with van der Waals surface area (Å²) in [7, 11) is 0. The number of hydrogen-bond acceptors (Lipinski definition) is 2. The van der Waals surface area contributed by atoms with Gasteiger partial charge in [-0.3, -0.25) is 0 Å². The minimum Gasteiger partial charge on any atom is -0.249 e. The van der Waals surface area contributed by atoms with Crippen molar-refractivity contribution in [1.82, 2.24) is 4.98 Å². The minimum atomic E-state index is 0.512. The van der Waals surface area contributed by atoms with Crippen LogP contribution >= 0.6 is 11.8 Å². The molecular weight excluding hydrogens is 466 g/mol.